The zero-order valence-corrected chi connectivity index (χ0v) is 8.32. The van der Waals surface area contributed by atoms with Crippen LogP contribution in [0.3, 0.4) is 0 Å². The Labute approximate surface area is 82.7 Å². The normalized spacial score (nSPS) is 9.92. The van der Waals surface area contributed by atoms with E-state index in [0.717, 1.165) is 0 Å². The Morgan fingerprint density at radius 1 is 1.58 bits per heavy atom. The summed E-state index contributed by atoms with van der Waals surface area (Å²) in [6.07, 6.45) is 0.905. The van der Waals surface area contributed by atoms with Gasteiger partial charge in [-0.1, -0.05) is 17.7 Å². The number of hydrogen-bond donors (Lipinski definition) is 0. The predicted octanol–water partition coefficient (Wildman–Crippen LogP) is 2.98. The highest BCUT2D eigenvalue weighted by Gasteiger charge is 2.08. The van der Waals surface area contributed by atoms with Gasteiger partial charge in [-0.3, -0.25) is 0 Å². The molecule has 0 aliphatic heterocycles. The van der Waals surface area contributed by atoms with Crippen LogP contribution in [0.1, 0.15) is 5.56 Å². The molecule has 0 atom stereocenters. The summed E-state index contributed by atoms with van der Waals surface area (Å²) in [5, 5.41) is 0.0523. The number of carbonyl (C=O) groups is 1. The summed E-state index contributed by atoms with van der Waals surface area (Å²) in [4.78, 5) is 10.1. The molecule has 0 amide bonds. The second kappa shape index (κ2) is 4.01. The van der Waals surface area contributed by atoms with Gasteiger partial charge in [0.2, 0.25) is 0 Å². The molecule has 64 valence electrons. The van der Waals surface area contributed by atoms with E-state index in [4.69, 9.17) is 11.6 Å². The SMILES string of the molecule is O=CCc1ccc(Cl)c(F)c1Br. The fraction of sp³-hybridized carbons (Fsp3) is 0.125. The molecule has 0 radical (unpaired) electrons. The van der Waals surface area contributed by atoms with E-state index < -0.39 is 5.82 Å². The van der Waals surface area contributed by atoms with Crippen molar-refractivity contribution in [1.82, 2.24) is 0 Å². The van der Waals surface area contributed by atoms with E-state index in [-0.39, 0.29) is 15.9 Å². The lowest BCUT2D eigenvalue weighted by atomic mass is 10.2. The largest absolute Gasteiger partial charge is 0.303 e. The van der Waals surface area contributed by atoms with Crippen LogP contribution >= 0.6 is 27.5 Å². The van der Waals surface area contributed by atoms with Crippen LogP contribution in [0.2, 0.25) is 5.02 Å². The van der Waals surface area contributed by atoms with Crippen molar-refractivity contribution in [2.45, 2.75) is 6.42 Å². The number of hydrogen-bond acceptors (Lipinski definition) is 1. The van der Waals surface area contributed by atoms with Gasteiger partial charge in [-0.25, -0.2) is 4.39 Å². The van der Waals surface area contributed by atoms with E-state index in [1.165, 1.54) is 6.07 Å². The number of aldehydes is 1. The van der Waals surface area contributed by atoms with Crippen LogP contribution in [-0.2, 0) is 11.2 Å². The summed E-state index contributed by atoms with van der Waals surface area (Å²) >= 11 is 8.51. The van der Waals surface area contributed by atoms with Gasteiger partial charge >= 0.3 is 0 Å². The maximum atomic E-state index is 13.0. The van der Waals surface area contributed by atoms with E-state index in [2.05, 4.69) is 15.9 Å². The molecule has 1 nitrogen and oxygen atoms in total. The Hall–Kier alpha value is -0.410. The first-order chi connectivity index (χ1) is 5.66. The van der Waals surface area contributed by atoms with E-state index in [1.807, 2.05) is 0 Å². The van der Waals surface area contributed by atoms with Crippen LogP contribution in [0.5, 0.6) is 0 Å². The quantitative estimate of drug-likeness (QED) is 0.583. The van der Waals surface area contributed by atoms with E-state index >= 15 is 0 Å². The highest BCUT2D eigenvalue weighted by molar-refractivity contribution is 9.10. The molecule has 1 rings (SSSR count). The maximum absolute atomic E-state index is 13.0. The Balaban J connectivity index is 3.16. The van der Waals surface area contributed by atoms with Crippen molar-refractivity contribution in [3.05, 3.63) is 33.0 Å². The predicted molar refractivity (Wildman–Crippen MR) is 48.9 cm³/mol. The summed E-state index contributed by atoms with van der Waals surface area (Å²) in [5.74, 6) is -0.518. The van der Waals surface area contributed by atoms with Gasteiger partial charge in [0.05, 0.1) is 9.50 Å². The number of benzene rings is 1. The van der Waals surface area contributed by atoms with Crippen molar-refractivity contribution in [2.75, 3.05) is 0 Å². The van der Waals surface area contributed by atoms with Crippen LogP contribution in [0.25, 0.3) is 0 Å². The van der Waals surface area contributed by atoms with Crippen LogP contribution in [-0.4, -0.2) is 6.29 Å². The second-order valence-corrected chi connectivity index (χ2v) is 3.41. The van der Waals surface area contributed by atoms with Gasteiger partial charge in [0.15, 0.2) is 5.82 Å². The molecular weight excluding hydrogens is 246 g/mol. The van der Waals surface area contributed by atoms with E-state index in [1.54, 1.807) is 6.07 Å². The Bertz CT molecular complexity index is 314. The molecule has 0 bridgehead atoms. The zero-order valence-electron chi connectivity index (χ0n) is 5.98. The minimum absolute atomic E-state index is 0.0523. The lowest BCUT2D eigenvalue weighted by molar-refractivity contribution is -0.107. The molecule has 0 aliphatic rings. The summed E-state index contributed by atoms with van der Waals surface area (Å²) in [5.41, 5.74) is 0.604. The Morgan fingerprint density at radius 3 is 2.83 bits per heavy atom. The Morgan fingerprint density at radius 2 is 2.25 bits per heavy atom. The van der Waals surface area contributed by atoms with Crippen molar-refractivity contribution in [1.29, 1.82) is 0 Å². The number of carbonyl (C=O) groups excluding carboxylic acids is 1. The minimum atomic E-state index is -0.518. The van der Waals surface area contributed by atoms with Crippen LogP contribution in [0.15, 0.2) is 16.6 Å². The topological polar surface area (TPSA) is 17.1 Å². The molecule has 12 heavy (non-hydrogen) atoms. The highest BCUT2D eigenvalue weighted by Crippen LogP contribution is 2.26. The molecule has 0 spiro atoms. The van der Waals surface area contributed by atoms with Crippen LogP contribution in [0.4, 0.5) is 4.39 Å². The molecular formula is C8H5BrClFO. The first-order valence-electron chi connectivity index (χ1n) is 3.23. The summed E-state index contributed by atoms with van der Waals surface area (Å²) in [6.45, 7) is 0. The third-order valence-electron chi connectivity index (χ3n) is 1.42. The second-order valence-electron chi connectivity index (χ2n) is 2.21. The lowest BCUT2D eigenvalue weighted by Crippen LogP contribution is -1.91. The standard InChI is InChI=1S/C8H5BrClFO/c9-7-5(3-4-12)1-2-6(10)8(7)11/h1-2,4H,3H2. The summed E-state index contributed by atoms with van der Waals surface area (Å²) < 4.78 is 13.3. The molecule has 0 saturated heterocycles. The van der Waals surface area contributed by atoms with Crippen molar-refractivity contribution in [3.63, 3.8) is 0 Å². The fourth-order valence-corrected chi connectivity index (χ4v) is 1.59. The summed E-state index contributed by atoms with van der Waals surface area (Å²) in [7, 11) is 0. The first-order valence-corrected chi connectivity index (χ1v) is 4.40. The summed E-state index contributed by atoms with van der Waals surface area (Å²) in [6, 6.07) is 3.05. The van der Waals surface area contributed by atoms with Gasteiger partial charge in [0.1, 0.15) is 6.29 Å². The third-order valence-corrected chi connectivity index (χ3v) is 2.57. The average Bonchev–Trinajstić information content (AvgIpc) is 2.07. The Kier molecular flexibility index (Phi) is 3.23. The molecule has 0 aliphatic carbocycles. The molecule has 0 unspecified atom stereocenters. The van der Waals surface area contributed by atoms with Gasteiger partial charge in [-0.15, -0.1) is 0 Å². The number of halogens is 3. The molecule has 0 fully saturated rings. The van der Waals surface area contributed by atoms with E-state index in [0.29, 0.717) is 11.8 Å². The van der Waals surface area contributed by atoms with E-state index in [9.17, 15) is 9.18 Å². The maximum Gasteiger partial charge on any atom is 0.156 e. The first kappa shape index (κ1) is 9.68. The van der Waals surface area contributed by atoms with Gasteiger partial charge in [-0.2, -0.15) is 0 Å². The van der Waals surface area contributed by atoms with Gasteiger partial charge in [0.25, 0.3) is 0 Å². The zero-order chi connectivity index (χ0) is 9.14. The molecule has 4 heteroatoms. The average molecular weight is 251 g/mol. The molecule has 0 saturated carbocycles. The van der Waals surface area contributed by atoms with Crippen molar-refractivity contribution in [3.8, 4) is 0 Å². The fourth-order valence-electron chi connectivity index (χ4n) is 0.813. The third kappa shape index (κ3) is 1.84. The molecule has 0 N–H and O–H groups in total. The van der Waals surface area contributed by atoms with Gasteiger partial charge in [0, 0.05) is 6.42 Å². The van der Waals surface area contributed by atoms with Crippen LogP contribution in [0, 0.1) is 5.82 Å². The van der Waals surface area contributed by atoms with Crippen molar-refractivity contribution >= 4 is 33.8 Å². The van der Waals surface area contributed by atoms with Crippen LogP contribution < -0.4 is 0 Å². The molecule has 1 aromatic carbocycles. The molecule has 1 aromatic rings. The van der Waals surface area contributed by atoms with Gasteiger partial charge in [-0.05, 0) is 27.6 Å². The lowest BCUT2D eigenvalue weighted by Gasteiger charge is -2.02. The highest BCUT2D eigenvalue weighted by atomic mass is 79.9. The molecule has 0 heterocycles. The van der Waals surface area contributed by atoms with Crippen molar-refractivity contribution in [2.24, 2.45) is 0 Å². The smallest absolute Gasteiger partial charge is 0.156 e. The monoisotopic (exact) mass is 250 g/mol. The molecule has 0 aromatic heterocycles. The number of rotatable bonds is 2. The van der Waals surface area contributed by atoms with Gasteiger partial charge < -0.3 is 4.79 Å². The minimum Gasteiger partial charge on any atom is -0.303 e. The van der Waals surface area contributed by atoms with Crippen molar-refractivity contribution < 1.29 is 9.18 Å².